The fourth-order valence-electron chi connectivity index (χ4n) is 5.00. The van der Waals surface area contributed by atoms with Gasteiger partial charge in [-0.25, -0.2) is 4.98 Å². The van der Waals surface area contributed by atoms with E-state index in [1.807, 2.05) is 29.2 Å². The third-order valence-electron chi connectivity index (χ3n) is 7.40. The number of carbonyl (C=O) groups is 2. The van der Waals surface area contributed by atoms with Gasteiger partial charge in [0.25, 0.3) is 5.91 Å². The number of nitrogens with one attached hydrogen (secondary N) is 1. The Morgan fingerprint density at radius 1 is 0.837 bits per heavy atom. The molecule has 0 atom stereocenters. The number of carbonyl (C=O) groups excluding carboxylic acids is 2. The lowest BCUT2D eigenvalue weighted by Crippen LogP contribution is -2.49. The van der Waals surface area contributed by atoms with Crippen molar-refractivity contribution < 1.29 is 27.2 Å². The second-order valence-electron chi connectivity index (χ2n) is 11.6. The van der Waals surface area contributed by atoms with E-state index in [0.29, 0.717) is 54.8 Å². The summed E-state index contributed by atoms with van der Waals surface area (Å²) in [5, 5.41) is 2.72. The molecule has 1 aliphatic rings. The van der Waals surface area contributed by atoms with E-state index in [9.17, 15) is 22.8 Å². The molecule has 1 saturated heterocycles. The maximum atomic E-state index is 13.8. The van der Waals surface area contributed by atoms with Crippen LogP contribution in [0.15, 0.2) is 77.2 Å². The van der Waals surface area contributed by atoms with Crippen molar-refractivity contribution in [2.75, 3.05) is 36.4 Å². The first-order valence-electron chi connectivity index (χ1n) is 14.0. The van der Waals surface area contributed by atoms with E-state index in [-0.39, 0.29) is 22.9 Å². The second-order valence-corrected chi connectivity index (χ2v) is 11.6. The monoisotopic (exact) mass is 590 g/mol. The Kier molecular flexibility index (Phi) is 8.05. The minimum atomic E-state index is -4.43. The molecule has 1 aromatic heterocycles. The lowest BCUT2D eigenvalue weighted by Gasteiger charge is -2.36. The van der Waals surface area contributed by atoms with Gasteiger partial charge in [-0.15, -0.1) is 0 Å². The minimum absolute atomic E-state index is 0.0345. The van der Waals surface area contributed by atoms with Crippen molar-refractivity contribution in [3.63, 3.8) is 0 Å². The summed E-state index contributed by atoms with van der Waals surface area (Å²) < 4.78 is 45.9. The molecular weight excluding hydrogens is 557 g/mol. The molecule has 0 saturated carbocycles. The van der Waals surface area contributed by atoms with E-state index < -0.39 is 11.7 Å². The summed E-state index contributed by atoms with van der Waals surface area (Å²) in [5.41, 5.74) is 2.96. The normalized spacial score (nSPS) is 14.1. The van der Waals surface area contributed by atoms with Crippen molar-refractivity contribution in [3.8, 4) is 22.8 Å². The van der Waals surface area contributed by atoms with Gasteiger partial charge in [0.2, 0.25) is 11.8 Å². The molecule has 0 radical (unpaired) electrons. The molecule has 1 N–H and O–H groups in total. The number of benzene rings is 3. The molecule has 0 aliphatic carbocycles. The van der Waals surface area contributed by atoms with Gasteiger partial charge in [0.05, 0.1) is 5.56 Å². The van der Waals surface area contributed by atoms with E-state index in [0.717, 1.165) is 23.3 Å². The number of halogens is 3. The first-order valence-corrected chi connectivity index (χ1v) is 14.0. The summed E-state index contributed by atoms with van der Waals surface area (Å²) in [5.74, 6) is 0.0708. The van der Waals surface area contributed by atoms with Crippen LogP contribution in [0.5, 0.6) is 0 Å². The van der Waals surface area contributed by atoms with Crippen molar-refractivity contribution in [3.05, 3.63) is 89.6 Å². The molecule has 4 aromatic rings. The molecule has 3 aromatic carbocycles. The van der Waals surface area contributed by atoms with Crippen LogP contribution in [-0.2, 0) is 16.4 Å². The van der Waals surface area contributed by atoms with Crippen LogP contribution in [0.1, 0.15) is 49.3 Å². The van der Waals surface area contributed by atoms with Crippen LogP contribution >= 0.6 is 0 Å². The molecule has 1 aliphatic heterocycles. The zero-order valence-corrected chi connectivity index (χ0v) is 24.5. The molecule has 2 heterocycles. The average molecular weight is 591 g/mol. The van der Waals surface area contributed by atoms with Crippen molar-refractivity contribution >= 4 is 23.2 Å². The third kappa shape index (κ3) is 6.74. The molecule has 10 heteroatoms. The topological polar surface area (TPSA) is 78.7 Å². The standard InChI is InChI=1S/C33H33F3N4O3/c1-21(41)37-26-14-10-22(11-15-26)29-28(38-30(43-29)23-8-12-24(13-9-23)32(2,3)4)31(42)40-18-16-39(17-19-40)27-7-5-6-25(20-27)33(34,35)36/h5-15,20H,16-19H2,1-4H3,(H,37,41). The largest absolute Gasteiger partial charge is 0.435 e. The molecule has 224 valence electrons. The number of alkyl halides is 3. The Morgan fingerprint density at radius 2 is 1.47 bits per heavy atom. The minimum Gasteiger partial charge on any atom is -0.435 e. The highest BCUT2D eigenvalue weighted by molar-refractivity contribution is 5.98. The zero-order chi connectivity index (χ0) is 30.9. The highest BCUT2D eigenvalue weighted by atomic mass is 19.4. The number of amides is 2. The van der Waals surface area contributed by atoms with Crippen molar-refractivity contribution in [2.24, 2.45) is 0 Å². The number of oxazole rings is 1. The van der Waals surface area contributed by atoms with Crippen LogP contribution in [0, 0.1) is 0 Å². The van der Waals surface area contributed by atoms with Crippen molar-refractivity contribution in [1.82, 2.24) is 9.88 Å². The summed E-state index contributed by atoms with van der Waals surface area (Å²) in [4.78, 5) is 33.4. The summed E-state index contributed by atoms with van der Waals surface area (Å²) in [7, 11) is 0. The first kappa shape index (κ1) is 29.9. The highest BCUT2D eigenvalue weighted by Gasteiger charge is 2.32. The Morgan fingerprint density at radius 3 is 2.05 bits per heavy atom. The summed E-state index contributed by atoms with van der Waals surface area (Å²) >= 11 is 0. The number of nitrogens with zero attached hydrogens (tertiary/aromatic N) is 3. The van der Waals surface area contributed by atoms with E-state index in [2.05, 4.69) is 31.1 Å². The summed E-state index contributed by atoms with van der Waals surface area (Å²) in [6.07, 6.45) is -4.43. The van der Waals surface area contributed by atoms with Gasteiger partial charge in [0, 0.05) is 55.6 Å². The predicted octanol–water partition coefficient (Wildman–Crippen LogP) is 7.25. The average Bonchev–Trinajstić information content (AvgIpc) is 3.42. The van der Waals surface area contributed by atoms with Gasteiger partial charge in [-0.2, -0.15) is 13.2 Å². The SMILES string of the molecule is CC(=O)Nc1ccc(-c2oc(-c3ccc(C(C)(C)C)cc3)nc2C(=O)N2CCN(c3cccc(C(F)(F)F)c3)CC2)cc1. The fourth-order valence-corrected chi connectivity index (χ4v) is 5.00. The summed E-state index contributed by atoms with van der Waals surface area (Å²) in [6.45, 7) is 9.14. The van der Waals surface area contributed by atoms with Gasteiger partial charge in [-0.05, 0) is 65.6 Å². The predicted molar refractivity (Wildman–Crippen MR) is 160 cm³/mol. The van der Waals surface area contributed by atoms with Crippen LogP contribution in [0.3, 0.4) is 0 Å². The Balaban J connectivity index is 1.42. The molecule has 2 amide bonds. The van der Waals surface area contributed by atoms with Crippen LogP contribution in [0.4, 0.5) is 24.5 Å². The molecule has 0 unspecified atom stereocenters. The van der Waals surface area contributed by atoms with Gasteiger partial charge in [0.1, 0.15) is 0 Å². The Bertz CT molecular complexity index is 1610. The summed E-state index contributed by atoms with van der Waals surface area (Å²) in [6, 6.07) is 20.0. The number of piperazine rings is 1. The molecule has 7 nitrogen and oxygen atoms in total. The zero-order valence-electron chi connectivity index (χ0n) is 24.5. The number of aromatic nitrogens is 1. The fraction of sp³-hybridized carbons (Fsp3) is 0.303. The van der Waals surface area contributed by atoms with Crippen LogP contribution in [0.2, 0.25) is 0 Å². The molecule has 0 spiro atoms. The van der Waals surface area contributed by atoms with Gasteiger partial charge in [-0.3, -0.25) is 9.59 Å². The smallest absolute Gasteiger partial charge is 0.416 e. The van der Waals surface area contributed by atoms with E-state index in [4.69, 9.17) is 4.42 Å². The van der Waals surface area contributed by atoms with E-state index >= 15 is 0 Å². The molecule has 0 bridgehead atoms. The Hall–Kier alpha value is -4.60. The molecular formula is C33H33F3N4O3. The van der Waals surface area contributed by atoms with Gasteiger partial charge >= 0.3 is 6.18 Å². The maximum Gasteiger partial charge on any atom is 0.416 e. The van der Waals surface area contributed by atoms with Gasteiger partial charge < -0.3 is 19.5 Å². The molecule has 43 heavy (non-hydrogen) atoms. The van der Waals surface area contributed by atoms with Gasteiger partial charge in [0.15, 0.2) is 11.5 Å². The molecule has 1 fully saturated rings. The number of hydrogen-bond donors (Lipinski definition) is 1. The lowest BCUT2D eigenvalue weighted by molar-refractivity contribution is -0.137. The third-order valence-corrected chi connectivity index (χ3v) is 7.40. The number of hydrogen-bond acceptors (Lipinski definition) is 5. The van der Waals surface area contributed by atoms with E-state index in [1.54, 1.807) is 35.2 Å². The highest BCUT2D eigenvalue weighted by Crippen LogP contribution is 2.34. The quantitative estimate of drug-likeness (QED) is 0.265. The van der Waals surface area contributed by atoms with Crippen LogP contribution in [-0.4, -0.2) is 47.9 Å². The molecule has 5 rings (SSSR count). The maximum absolute atomic E-state index is 13.8. The van der Waals surface area contributed by atoms with E-state index in [1.165, 1.54) is 13.0 Å². The second kappa shape index (κ2) is 11.6. The van der Waals surface area contributed by atoms with Crippen LogP contribution in [0.25, 0.3) is 22.8 Å². The Labute approximate surface area is 248 Å². The van der Waals surface area contributed by atoms with Crippen LogP contribution < -0.4 is 10.2 Å². The number of anilines is 2. The van der Waals surface area contributed by atoms with Gasteiger partial charge in [-0.1, -0.05) is 39.0 Å². The van der Waals surface area contributed by atoms with Crippen molar-refractivity contribution in [1.29, 1.82) is 0 Å². The lowest BCUT2D eigenvalue weighted by atomic mass is 9.87. The number of rotatable bonds is 5. The van der Waals surface area contributed by atoms with Crippen molar-refractivity contribution in [2.45, 2.75) is 39.3 Å². The first-order chi connectivity index (χ1) is 20.3.